The van der Waals surface area contributed by atoms with Gasteiger partial charge in [-0.25, -0.2) is 9.78 Å². The van der Waals surface area contributed by atoms with E-state index in [1.807, 2.05) is 31.2 Å². The quantitative estimate of drug-likeness (QED) is 0.104. The number of carbonyl (C=O) groups excluding carboxylic acids is 1. The number of carbonyl (C=O) groups is 1. The monoisotopic (exact) mass is 685 g/mol. The summed E-state index contributed by atoms with van der Waals surface area (Å²) in [7, 11) is 1.66. The summed E-state index contributed by atoms with van der Waals surface area (Å²) in [5.74, 6) is 1.74. The number of aromatic nitrogens is 1. The van der Waals surface area contributed by atoms with Crippen molar-refractivity contribution in [3.63, 3.8) is 0 Å². The summed E-state index contributed by atoms with van der Waals surface area (Å²) in [6.45, 7) is 8.08. The number of aryl methyl sites for hydroxylation is 1. The van der Waals surface area contributed by atoms with Crippen LogP contribution in [0.5, 0.6) is 11.5 Å². The zero-order chi connectivity index (χ0) is 33.4. The standard InChI is InChI=1S/C35H38F3N3O4S2/c1-4-24-20-29(14-15-31(24)45-22-33(42)44-5-2)46-23-32-30(39-34(47-32)25-6-8-26(9-7-25)35(36,37)38)21-40-16-18-41(19-17-40)27-10-12-28(43-3)13-11-27/h6-15,20H,4-5,16-19,21-23H2,1-3H3. The van der Waals surface area contributed by atoms with Gasteiger partial charge in [0.15, 0.2) is 6.61 Å². The van der Waals surface area contributed by atoms with Crippen molar-refractivity contribution in [1.29, 1.82) is 0 Å². The third-order valence-corrected chi connectivity index (χ3v) is 10.2. The van der Waals surface area contributed by atoms with Gasteiger partial charge < -0.3 is 19.1 Å². The number of hydrogen-bond acceptors (Lipinski definition) is 9. The number of anilines is 1. The van der Waals surface area contributed by atoms with E-state index in [0.29, 0.717) is 35.2 Å². The number of ether oxygens (including phenoxy) is 3. The van der Waals surface area contributed by atoms with Crippen LogP contribution in [0.4, 0.5) is 18.9 Å². The van der Waals surface area contributed by atoms with Crippen LogP contribution >= 0.6 is 23.1 Å². The molecule has 4 aromatic rings. The van der Waals surface area contributed by atoms with Crippen LogP contribution in [0.15, 0.2) is 71.6 Å². The number of rotatable bonds is 13. The second-order valence-corrected chi connectivity index (χ2v) is 13.1. The van der Waals surface area contributed by atoms with Crippen molar-refractivity contribution in [2.45, 2.75) is 43.6 Å². The van der Waals surface area contributed by atoms with E-state index in [0.717, 1.165) is 77.2 Å². The summed E-state index contributed by atoms with van der Waals surface area (Å²) in [5, 5.41) is 0.707. The molecule has 0 amide bonds. The molecule has 1 aromatic heterocycles. The number of hydrogen-bond donors (Lipinski definition) is 0. The van der Waals surface area contributed by atoms with E-state index >= 15 is 0 Å². The summed E-state index contributed by atoms with van der Waals surface area (Å²) in [6.07, 6.45) is -3.65. The molecular weight excluding hydrogens is 648 g/mol. The normalized spacial score (nSPS) is 13.9. The minimum atomic E-state index is -4.39. The van der Waals surface area contributed by atoms with Gasteiger partial charge in [-0.1, -0.05) is 19.1 Å². The number of nitrogens with zero attached hydrogens (tertiary/aromatic N) is 3. The Morgan fingerprint density at radius 2 is 1.70 bits per heavy atom. The lowest BCUT2D eigenvalue weighted by atomic mass is 10.1. The van der Waals surface area contributed by atoms with Crippen molar-refractivity contribution < 1.29 is 32.2 Å². The highest BCUT2D eigenvalue weighted by Gasteiger charge is 2.30. The fourth-order valence-corrected chi connectivity index (χ4v) is 7.40. The molecule has 2 heterocycles. The highest BCUT2D eigenvalue weighted by molar-refractivity contribution is 7.98. The van der Waals surface area contributed by atoms with Gasteiger partial charge in [0, 0.05) is 59.5 Å². The number of esters is 1. The van der Waals surface area contributed by atoms with Crippen molar-refractivity contribution in [2.24, 2.45) is 0 Å². The molecule has 5 rings (SSSR count). The Morgan fingerprint density at radius 1 is 0.979 bits per heavy atom. The van der Waals surface area contributed by atoms with Gasteiger partial charge in [0.1, 0.15) is 16.5 Å². The molecular formula is C35H38F3N3O4S2. The molecule has 0 aliphatic carbocycles. The lowest BCUT2D eigenvalue weighted by molar-refractivity contribution is -0.145. The lowest BCUT2D eigenvalue weighted by Gasteiger charge is -2.36. The molecule has 0 radical (unpaired) electrons. The predicted octanol–water partition coefficient (Wildman–Crippen LogP) is 7.96. The molecule has 1 saturated heterocycles. The Balaban J connectivity index is 1.30. The third-order valence-electron chi connectivity index (χ3n) is 7.85. The number of thioether (sulfide) groups is 1. The van der Waals surface area contributed by atoms with E-state index in [9.17, 15) is 18.0 Å². The minimum absolute atomic E-state index is 0.140. The largest absolute Gasteiger partial charge is 0.497 e. The smallest absolute Gasteiger partial charge is 0.416 e. The van der Waals surface area contributed by atoms with E-state index in [1.54, 1.807) is 25.8 Å². The van der Waals surface area contributed by atoms with E-state index in [-0.39, 0.29) is 6.61 Å². The Bertz CT molecular complexity index is 1620. The van der Waals surface area contributed by atoms with Gasteiger partial charge in [0.05, 0.1) is 25.0 Å². The highest BCUT2D eigenvalue weighted by Crippen LogP contribution is 2.37. The van der Waals surface area contributed by atoms with Crippen molar-refractivity contribution >= 4 is 34.8 Å². The summed E-state index contributed by atoms with van der Waals surface area (Å²) >= 11 is 3.20. The molecule has 0 spiro atoms. The van der Waals surface area contributed by atoms with Crippen molar-refractivity contribution in [3.8, 4) is 22.1 Å². The van der Waals surface area contributed by atoms with E-state index in [4.69, 9.17) is 19.2 Å². The van der Waals surface area contributed by atoms with Gasteiger partial charge in [0.2, 0.25) is 0 Å². The van der Waals surface area contributed by atoms with Crippen LogP contribution in [0.3, 0.4) is 0 Å². The van der Waals surface area contributed by atoms with Gasteiger partial charge in [-0.05, 0) is 73.5 Å². The molecule has 0 N–H and O–H groups in total. The zero-order valence-electron chi connectivity index (χ0n) is 26.6. The summed E-state index contributed by atoms with van der Waals surface area (Å²) in [4.78, 5) is 23.6. The Kier molecular flexibility index (Phi) is 11.7. The third kappa shape index (κ3) is 9.21. The Labute approximate surface area is 281 Å². The molecule has 250 valence electrons. The van der Waals surface area contributed by atoms with Gasteiger partial charge >= 0.3 is 12.1 Å². The van der Waals surface area contributed by atoms with Gasteiger partial charge in [-0.2, -0.15) is 13.2 Å². The average molecular weight is 686 g/mol. The molecule has 7 nitrogen and oxygen atoms in total. The molecule has 47 heavy (non-hydrogen) atoms. The number of thiazole rings is 1. The second-order valence-electron chi connectivity index (χ2n) is 10.9. The molecule has 0 atom stereocenters. The summed E-state index contributed by atoms with van der Waals surface area (Å²) < 4.78 is 55.6. The van der Waals surface area contributed by atoms with Crippen molar-refractivity contribution in [2.75, 3.05) is 51.4 Å². The number of halogens is 3. The molecule has 1 fully saturated rings. The van der Waals surface area contributed by atoms with Gasteiger partial charge in [-0.15, -0.1) is 23.1 Å². The Morgan fingerprint density at radius 3 is 2.34 bits per heavy atom. The molecule has 3 aromatic carbocycles. The van der Waals surface area contributed by atoms with E-state index in [2.05, 4.69) is 28.0 Å². The molecule has 0 saturated carbocycles. The average Bonchev–Trinajstić information content (AvgIpc) is 3.49. The maximum absolute atomic E-state index is 13.2. The topological polar surface area (TPSA) is 64.1 Å². The minimum Gasteiger partial charge on any atom is -0.497 e. The zero-order valence-corrected chi connectivity index (χ0v) is 28.3. The molecule has 0 unspecified atom stereocenters. The van der Waals surface area contributed by atoms with E-state index in [1.165, 1.54) is 23.5 Å². The first-order valence-corrected chi connectivity index (χ1v) is 17.3. The number of methoxy groups -OCH3 is 1. The molecule has 1 aliphatic rings. The molecule has 1 aliphatic heterocycles. The lowest BCUT2D eigenvalue weighted by Crippen LogP contribution is -2.46. The summed E-state index contributed by atoms with van der Waals surface area (Å²) in [5.41, 5.74) is 3.08. The number of benzene rings is 3. The van der Waals surface area contributed by atoms with Crippen LogP contribution in [-0.2, 0) is 34.4 Å². The summed E-state index contributed by atoms with van der Waals surface area (Å²) in [6, 6.07) is 19.2. The number of alkyl halides is 3. The predicted molar refractivity (Wildman–Crippen MR) is 181 cm³/mol. The van der Waals surface area contributed by atoms with Crippen LogP contribution in [0.1, 0.15) is 35.5 Å². The van der Waals surface area contributed by atoms with Crippen LogP contribution in [0, 0.1) is 0 Å². The molecule has 12 heteroatoms. The SMILES string of the molecule is CCOC(=O)COc1ccc(SCc2sc(-c3ccc(C(F)(F)F)cc3)nc2CN2CCN(c3ccc(OC)cc3)CC2)cc1CC. The maximum atomic E-state index is 13.2. The van der Waals surface area contributed by atoms with Crippen molar-refractivity contribution in [3.05, 3.63) is 88.4 Å². The fraction of sp³-hybridized carbons (Fsp3) is 0.371. The first-order chi connectivity index (χ1) is 22.7. The number of piperazine rings is 1. The maximum Gasteiger partial charge on any atom is 0.416 e. The van der Waals surface area contributed by atoms with Crippen LogP contribution in [-0.4, -0.2) is 62.4 Å². The molecule has 0 bridgehead atoms. The first kappa shape index (κ1) is 34.6. The van der Waals surface area contributed by atoms with Crippen molar-refractivity contribution in [1.82, 2.24) is 9.88 Å². The van der Waals surface area contributed by atoms with Gasteiger partial charge in [-0.3, -0.25) is 4.90 Å². The second kappa shape index (κ2) is 15.9. The van der Waals surface area contributed by atoms with Crippen LogP contribution < -0.4 is 14.4 Å². The highest BCUT2D eigenvalue weighted by atomic mass is 32.2. The first-order valence-electron chi connectivity index (χ1n) is 15.5. The van der Waals surface area contributed by atoms with E-state index < -0.39 is 17.7 Å². The van der Waals surface area contributed by atoms with Crippen LogP contribution in [0.2, 0.25) is 0 Å². The van der Waals surface area contributed by atoms with Gasteiger partial charge in [0.25, 0.3) is 0 Å². The fourth-order valence-electron chi connectivity index (χ4n) is 5.26. The Hall–Kier alpha value is -3.74. The van der Waals surface area contributed by atoms with Crippen LogP contribution in [0.25, 0.3) is 10.6 Å².